The van der Waals surface area contributed by atoms with Gasteiger partial charge in [0.1, 0.15) is 6.54 Å². The molecule has 0 unspecified atom stereocenters. The maximum Gasteiger partial charge on any atom is 0.244 e. The standard InChI is InChI=1S/C14H20N4O2/c1-11-2-4-12(5-3-11)17-14(15)16-10-13(19)18-6-8-20-9-7-18/h2-5H,6-10H2,1H3,(H3,15,16,17). The van der Waals surface area contributed by atoms with Gasteiger partial charge in [-0.2, -0.15) is 0 Å². The number of hydrogen-bond acceptors (Lipinski definition) is 3. The lowest BCUT2D eigenvalue weighted by Gasteiger charge is -2.26. The Hall–Kier alpha value is -2.08. The highest BCUT2D eigenvalue weighted by atomic mass is 16.5. The first-order chi connectivity index (χ1) is 9.65. The third kappa shape index (κ3) is 4.24. The van der Waals surface area contributed by atoms with E-state index in [0.717, 1.165) is 5.69 Å². The molecule has 0 atom stereocenters. The van der Waals surface area contributed by atoms with Crippen LogP contribution in [0.15, 0.2) is 29.3 Å². The highest BCUT2D eigenvalue weighted by molar-refractivity contribution is 5.93. The van der Waals surface area contributed by atoms with Crippen LogP contribution in [0.25, 0.3) is 0 Å². The molecule has 1 aliphatic rings. The summed E-state index contributed by atoms with van der Waals surface area (Å²) >= 11 is 0. The molecule has 1 aromatic rings. The summed E-state index contributed by atoms with van der Waals surface area (Å²) in [6.45, 7) is 4.51. The van der Waals surface area contributed by atoms with Crippen molar-refractivity contribution in [2.24, 2.45) is 10.7 Å². The van der Waals surface area contributed by atoms with Crippen molar-refractivity contribution >= 4 is 17.6 Å². The van der Waals surface area contributed by atoms with Crippen LogP contribution in [0.1, 0.15) is 5.56 Å². The van der Waals surface area contributed by atoms with Gasteiger partial charge in [0.05, 0.1) is 13.2 Å². The van der Waals surface area contributed by atoms with Crippen molar-refractivity contribution in [3.63, 3.8) is 0 Å². The molecule has 3 N–H and O–H groups in total. The number of aryl methyl sites for hydroxylation is 1. The van der Waals surface area contributed by atoms with Crippen molar-refractivity contribution in [1.29, 1.82) is 0 Å². The minimum atomic E-state index is -0.0260. The average Bonchev–Trinajstić information content (AvgIpc) is 2.48. The second-order valence-electron chi connectivity index (χ2n) is 4.69. The van der Waals surface area contributed by atoms with Crippen molar-refractivity contribution in [3.8, 4) is 0 Å². The summed E-state index contributed by atoms with van der Waals surface area (Å²) in [5, 5.41) is 2.96. The number of ether oxygens (including phenoxy) is 1. The molecule has 108 valence electrons. The lowest BCUT2D eigenvalue weighted by Crippen LogP contribution is -2.42. The third-order valence-electron chi connectivity index (χ3n) is 3.07. The number of guanidine groups is 1. The fraction of sp³-hybridized carbons (Fsp3) is 0.429. The molecule has 1 heterocycles. The number of hydrogen-bond donors (Lipinski definition) is 2. The summed E-state index contributed by atoms with van der Waals surface area (Å²) < 4.78 is 5.20. The summed E-state index contributed by atoms with van der Waals surface area (Å²) in [7, 11) is 0. The molecule has 6 nitrogen and oxygen atoms in total. The Labute approximate surface area is 118 Å². The van der Waals surface area contributed by atoms with E-state index in [9.17, 15) is 4.79 Å². The average molecular weight is 276 g/mol. The quantitative estimate of drug-likeness (QED) is 0.625. The highest BCUT2D eigenvalue weighted by Gasteiger charge is 2.15. The van der Waals surface area contributed by atoms with E-state index in [0.29, 0.717) is 26.3 Å². The first kappa shape index (κ1) is 14.3. The van der Waals surface area contributed by atoms with Gasteiger partial charge < -0.3 is 20.7 Å². The van der Waals surface area contributed by atoms with Crippen molar-refractivity contribution < 1.29 is 9.53 Å². The Bertz CT molecular complexity index is 478. The van der Waals surface area contributed by atoms with Crippen LogP contribution < -0.4 is 11.1 Å². The van der Waals surface area contributed by atoms with Crippen LogP contribution in [-0.4, -0.2) is 49.6 Å². The third-order valence-corrected chi connectivity index (χ3v) is 3.07. The van der Waals surface area contributed by atoms with E-state index < -0.39 is 0 Å². The molecule has 1 amide bonds. The SMILES string of the molecule is Cc1ccc(NC(N)=NCC(=O)N2CCOCC2)cc1. The van der Waals surface area contributed by atoms with E-state index in [1.54, 1.807) is 4.90 Å². The molecule has 1 aromatic carbocycles. The predicted molar refractivity (Wildman–Crippen MR) is 78.7 cm³/mol. The van der Waals surface area contributed by atoms with E-state index in [1.165, 1.54) is 5.56 Å². The van der Waals surface area contributed by atoms with Gasteiger partial charge in [-0.1, -0.05) is 17.7 Å². The zero-order valence-electron chi connectivity index (χ0n) is 11.6. The second kappa shape index (κ2) is 6.91. The number of carbonyl (C=O) groups excluding carboxylic acids is 1. The zero-order valence-corrected chi connectivity index (χ0v) is 11.6. The fourth-order valence-electron chi connectivity index (χ4n) is 1.89. The largest absolute Gasteiger partial charge is 0.378 e. The number of aliphatic imine (C=N–C) groups is 1. The predicted octanol–water partition coefficient (Wildman–Crippen LogP) is 0.580. The number of anilines is 1. The van der Waals surface area contributed by atoms with Crippen LogP contribution in [0.5, 0.6) is 0 Å². The number of nitrogens with zero attached hydrogens (tertiary/aromatic N) is 2. The molecule has 0 spiro atoms. The van der Waals surface area contributed by atoms with Crippen LogP contribution in [-0.2, 0) is 9.53 Å². The van der Waals surface area contributed by atoms with Crippen molar-refractivity contribution in [1.82, 2.24) is 4.90 Å². The number of nitrogens with one attached hydrogen (secondary N) is 1. The Kier molecular flexibility index (Phi) is 4.95. The molecule has 0 radical (unpaired) electrons. The molecule has 2 rings (SSSR count). The van der Waals surface area contributed by atoms with E-state index in [4.69, 9.17) is 10.5 Å². The van der Waals surface area contributed by atoms with Crippen LogP contribution >= 0.6 is 0 Å². The molecule has 0 aromatic heterocycles. The maximum atomic E-state index is 11.9. The van der Waals surface area contributed by atoms with Gasteiger partial charge >= 0.3 is 0 Å². The minimum Gasteiger partial charge on any atom is -0.378 e. The van der Waals surface area contributed by atoms with Crippen LogP contribution in [0.3, 0.4) is 0 Å². The van der Waals surface area contributed by atoms with Crippen molar-refractivity contribution in [2.45, 2.75) is 6.92 Å². The van der Waals surface area contributed by atoms with Gasteiger partial charge in [-0.3, -0.25) is 4.79 Å². The van der Waals surface area contributed by atoms with E-state index >= 15 is 0 Å². The van der Waals surface area contributed by atoms with Gasteiger partial charge in [-0.25, -0.2) is 4.99 Å². The molecular weight excluding hydrogens is 256 g/mol. The van der Waals surface area contributed by atoms with Gasteiger partial charge in [0.25, 0.3) is 0 Å². The first-order valence-corrected chi connectivity index (χ1v) is 6.64. The molecule has 0 saturated carbocycles. The summed E-state index contributed by atoms with van der Waals surface area (Å²) in [5.74, 6) is 0.220. The molecule has 1 aliphatic heterocycles. The Morgan fingerprint density at radius 1 is 1.35 bits per heavy atom. The number of rotatable bonds is 3. The van der Waals surface area contributed by atoms with Gasteiger partial charge in [0, 0.05) is 18.8 Å². The number of amides is 1. The smallest absolute Gasteiger partial charge is 0.244 e. The van der Waals surface area contributed by atoms with E-state index in [-0.39, 0.29) is 18.4 Å². The minimum absolute atomic E-state index is 0.0260. The number of benzene rings is 1. The molecule has 1 saturated heterocycles. The topological polar surface area (TPSA) is 79.9 Å². The molecule has 20 heavy (non-hydrogen) atoms. The first-order valence-electron chi connectivity index (χ1n) is 6.64. The molecule has 6 heteroatoms. The van der Waals surface area contributed by atoms with Crippen molar-refractivity contribution in [2.75, 3.05) is 38.2 Å². The Morgan fingerprint density at radius 3 is 2.65 bits per heavy atom. The Balaban J connectivity index is 1.83. The molecular formula is C14H20N4O2. The zero-order chi connectivity index (χ0) is 14.4. The summed E-state index contributed by atoms with van der Waals surface area (Å²) in [5.41, 5.74) is 7.80. The number of nitrogens with two attached hydrogens (primary N) is 1. The summed E-state index contributed by atoms with van der Waals surface area (Å²) in [6.07, 6.45) is 0. The lowest BCUT2D eigenvalue weighted by atomic mass is 10.2. The molecule has 1 fully saturated rings. The molecule has 0 bridgehead atoms. The van der Waals surface area contributed by atoms with Crippen LogP contribution in [0.2, 0.25) is 0 Å². The summed E-state index contributed by atoms with van der Waals surface area (Å²) in [6, 6.07) is 7.80. The van der Waals surface area contributed by atoms with Gasteiger partial charge in [0.15, 0.2) is 5.96 Å². The number of morpholine rings is 1. The van der Waals surface area contributed by atoms with Crippen LogP contribution in [0, 0.1) is 6.92 Å². The van der Waals surface area contributed by atoms with Gasteiger partial charge in [-0.15, -0.1) is 0 Å². The monoisotopic (exact) mass is 276 g/mol. The highest BCUT2D eigenvalue weighted by Crippen LogP contribution is 2.07. The summed E-state index contributed by atoms with van der Waals surface area (Å²) in [4.78, 5) is 17.7. The van der Waals surface area contributed by atoms with Gasteiger partial charge in [-0.05, 0) is 19.1 Å². The fourth-order valence-corrected chi connectivity index (χ4v) is 1.89. The molecule has 0 aliphatic carbocycles. The maximum absolute atomic E-state index is 11.9. The number of carbonyl (C=O) groups is 1. The normalized spacial score (nSPS) is 16.1. The van der Waals surface area contributed by atoms with Gasteiger partial charge in [0.2, 0.25) is 5.91 Å². The van der Waals surface area contributed by atoms with E-state index in [2.05, 4.69) is 10.3 Å². The second-order valence-corrected chi connectivity index (χ2v) is 4.69. The lowest BCUT2D eigenvalue weighted by molar-refractivity contribution is -0.133. The van der Waals surface area contributed by atoms with Crippen molar-refractivity contribution in [3.05, 3.63) is 29.8 Å². The van der Waals surface area contributed by atoms with E-state index in [1.807, 2.05) is 31.2 Å². The van der Waals surface area contributed by atoms with Crippen LogP contribution in [0.4, 0.5) is 5.69 Å². The Morgan fingerprint density at radius 2 is 2.00 bits per heavy atom.